The molecule has 5 nitrogen and oxygen atoms in total. The van der Waals surface area contributed by atoms with Crippen LogP contribution in [-0.2, 0) is 0 Å². The molecule has 1 saturated heterocycles. The Balaban J connectivity index is 0.00000280. The molecular weight excluding hydrogens is 463 g/mol. The third kappa shape index (κ3) is 5.77. The average Bonchev–Trinajstić information content (AvgIpc) is 3.15. The molecule has 0 amide bonds. The predicted molar refractivity (Wildman–Crippen MR) is 129 cm³/mol. The lowest BCUT2D eigenvalue weighted by molar-refractivity contribution is 0.414. The van der Waals surface area contributed by atoms with E-state index in [0.29, 0.717) is 17.8 Å². The average molecular weight is 494 g/mol. The van der Waals surface area contributed by atoms with Crippen LogP contribution < -0.4 is 20.7 Å². The molecule has 152 valence electrons. The van der Waals surface area contributed by atoms with Crippen molar-refractivity contribution >= 4 is 41.3 Å². The summed E-state index contributed by atoms with van der Waals surface area (Å²) in [5.74, 6) is 2.39. The normalized spacial score (nSPS) is 16.8. The second-order valence-corrected chi connectivity index (χ2v) is 7.40. The maximum absolute atomic E-state index is 6.11. The summed E-state index contributed by atoms with van der Waals surface area (Å²) in [6.07, 6.45) is 1.11. The van der Waals surface area contributed by atoms with Gasteiger partial charge in [0.05, 0.1) is 12.8 Å². The fraction of sp³-hybridized carbons (Fsp3) is 0.409. The van der Waals surface area contributed by atoms with E-state index >= 15 is 0 Å². The summed E-state index contributed by atoms with van der Waals surface area (Å²) < 4.78 is 5.48. The molecule has 2 aromatic rings. The topological polar surface area (TPSA) is 62.9 Å². The number of aliphatic imine (C=N–C) groups is 1. The highest BCUT2D eigenvalue weighted by Gasteiger charge is 2.24. The Morgan fingerprint density at radius 1 is 1.25 bits per heavy atom. The molecule has 3 N–H and O–H groups in total. The van der Waals surface area contributed by atoms with Crippen molar-refractivity contribution in [2.24, 2.45) is 16.6 Å². The number of hydrogen-bond donors (Lipinski definition) is 2. The van der Waals surface area contributed by atoms with Crippen LogP contribution in [0.1, 0.15) is 31.7 Å². The molecule has 0 saturated carbocycles. The van der Waals surface area contributed by atoms with E-state index in [1.165, 1.54) is 5.56 Å². The van der Waals surface area contributed by atoms with Gasteiger partial charge in [0.15, 0.2) is 5.96 Å². The number of para-hydroxylation sites is 2. The molecule has 2 aromatic carbocycles. The first-order chi connectivity index (χ1) is 13.1. The molecule has 0 bridgehead atoms. The van der Waals surface area contributed by atoms with Gasteiger partial charge in [-0.2, -0.15) is 0 Å². The Bertz CT molecular complexity index is 794. The minimum absolute atomic E-state index is 0. The van der Waals surface area contributed by atoms with Gasteiger partial charge in [-0.1, -0.05) is 38.1 Å². The summed E-state index contributed by atoms with van der Waals surface area (Å²) in [6.45, 7) is 7.09. The van der Waals surface area contributed by atoms with Gasteiger partial charge in [-0.15, -0.1) is 24.0 Å². The van der Waals surface area contributed by atoms with Crippen LogP contribution >= 0.6 is 24.0 Å². The van der Waals surface area contributed by atoms with Gasteiger partial charge < -0.3 is 20.7 Å². The first kappa shape index (κ1) is 22.3. The van der Waals surface area contributed by atoms with Crippen LogP contribution in [-0.4, -0.2) is 32.7 Å². The molecule has 1 heterocycles. The number of ether oxygens (including phenoxy) is 1. The van der Waals surface area contributed by atoms with Crippen molar-refractivity contribution in [2.45, 2.75) is 26.2 Å². The van der Waals surface area contributed by atoms with Crippen molar-refractivity contribution in [3.8, 4) is 5.75 Å². The van der Waals surface area contributed by atoms with E-state index in [1.807, 2.05) is 24.3 Å². The Morgan fingerprint density at radius 3 is 2.79 bits per heavy atom. The molecule has 0 aromatic heterocycles. The number of nitrogens with zero attached hydrogens (tertiary/aromatic N) is 2. The van der Waals surface area contributed by atoms with Crippen molar-refractivity contribution in [1.82, 2.24) is 0 Å². The fourth-order valence-corrected chi connectivity index (χ4v) is 3.48. The Labute approximate surface area is 185 Å². The molecular formula is C22H31IN4O. The zero-order valence-electron chi connectivity index (χ0n) is 16.9. The van der Waals surface area contributed by atoms with Crippen LogP contribution in [0.15, 0.2) is 53.5 Å². The SMILES string of the molecule is COc1ccccc1N1CCC(CN=C(N)Nc2cccc(C(C)C)c2)C1.I. The Kier molecular flexibility index (Phi) is 8.41. The molecule has 1 fully saturated rings. The van der Waals surface area contributed by atoms with E-state index in [9.17, 15) is 0 Å². The third-order valence-corrected chi connectivity index (χ3v) is 5.06. The van der Waals surface area contributed by atoms with E-state index in [0.717, 1.165) is 43.2 Å². The zero-order valence-corrected chi connectivity index (χ0v) is 19.2. The van der Waals surface area contributed by atoms with Crippen molar-refractivity contribution in [3.63, 3.8) is 0 Å². The Morgan fingerprint density at radius 2 is 2.04 bits per heavy atom. The monoisotopic (exact) mass is 494 g/mol. The van der Waals surface area contributed by atoms with Gasteiger partial charge in [-0.25, -0.2) is 0 Å². The first-order valence-corrected chi connectivity index (χ1v) is 9.61. The minimum Gasteiger partial charge on any atom is -0.495 e. The minimum atomic E-state index is 0. The molecule has 6 heteroatoms. The van der Waals surface area contributed by atoms with Crippen molar-refractivity contribution < 1.29 is 4.74 Å². The first-order valence-electron chi connectivity index (χ1n) is 9.61. The summed E-state index contributed by atoms with van der Waals surface area (Å²) >= 11 is 0. The van der Waals surface area contributed by atoms with Gasteiger partial charge in [0.1, 0.15) is 5.75 Å². The molecule has 0 spiro atoms. The van der Waals surface area contributed by atoms with Crippen LogP contribution in [0.3, 0.4) is 0 Å². The van der Waals surface area contributed by atoms with Gasteiger partial charge in [0.25, 0.3) is 0 Å². The van der Waals surface area contributed by atoms with Gasteiger partial charge >= 0.3 is 0 Å². The molecule has 0 radical (unpaired) electrons. The number of halogens is 1. The van der Waals surface area contributed by atoms with E-state index in [1.54, 1.807) is 7.11 Å². The fourth-order valence-electron chi connectivity index (χ4n) is 3.48. The Hall–Kier alpha value is -1.96. The van der Waals surface area contributed by atoms with Crippen LogP contribution in [0.5, 0.6) is 5.75 Å². The van der Waals surface area contributed by atoms with E-state index in [2.05, 4.69) is 53.3 Å². The van der Waals surface area contributed by atoms with Crippen LogP contribution in [0.4, 0.5) is 11.4 Å². The van der Waals surface area contributed by atoms with E-state index in [-0.39, 0.29) is 24.0 Å². The summed E-state index contributed by atoms with van der Waals surface area (Å²) in [5.41, 5.74) is 9.54. The zero-order chi connectivity index (χ0) is 19.2. The van der Waals surface area contributed by atoms with Crippen LogP contribution in [0.2, 0.25) is 0 Å². The smallest absolute Gasteiger partial charge is 0.193 e. The second-order valence-electron chi connectivity index (χ2n) is 7.40. The third-order valence-electron chi connectivity index (χ3n) is 5.06. The highest BCUT2D eigenvalue weighted by Crippen LogP contribution is 2.32. The number of rotatable bonds is 6. The predicted octanol–water partition coefficient (Wildman–Crippen LogP) is 4.69. The molecule has 1 atom stereocenters. The van der Waals surface area contributed by atoms with Gasteiger partial charge in [0.2, 0.25) is 0 Å². The largest absolute Gasteiger partial charge is 0.495 e. The maximum atomic E-state index is 6.11. The quantitative estimate of drug-likeness (QED) is 0.348. The van der Waals surface area contributed by atoms with Crippen LogP contribution in [0.25, 0.3) is 0 Å². The number of anilines is 2. The van der Waals surface area contributed by atoms with Crippen molar-refractivity contribution in [3.05, 3.63) is 54.1 Å². The number of nitrogens with two attached hydrogens (primary N) is 1. The number of hydrogen-bond acceptors (Lipinski definition) is 3. The number of methoxy groups -OCH3 is 1. The number of guanidine groups is 1. The van der Waals surface area contributed by atoms with Crippen molar-refractivity contribution in [2.75, 3.05) is 37.0 Å². The van der Waals surface area contributed by atoms with Gasteiger partial charge in [0, 0.05) is 25.3 Å². The summed E-state index contributed by atoms with van der Waals surface area (Å²) in [5, 5.41) is 3.22. The summed E-state index contributed by atoms with van der Waals surface area (Å²) in [4.78, 5) is 6.94. The number of benzene rings is 2. The van der Waals surface area contributed by atoms with Crippen LogP contribution in [0, 0.1) is 5.92 Å². The molecule has 28 heavy (non-hydrogen) atoms. The lowest BCUT2D eigenvalue weighted by Gasteiger charge is -2.21. The highest BCUT2D eigenvalue weighted by molar-refractivity contribution is 14.0. The summed E-state index contributed by atoms with van der Waals surface area (Å²) in [6, 6.07) is 16.5. The summed E-state index contributed by atoms with van der Waals surface area (Å²) in [7, 11) is 1.72. The molecule has 1 aliphatic rings. The van der Waals surface area contributed by atoms with E-state index < -0.39 is 0 Å². The maximum Gasteiger partial charge on any atom is 0.193 e. The molecule has 3 rings (SSSR count). The highest BCUT2D eigenvalue weighted by atomic mass is 127. The number of nitrogens with one attached hydrogen (secondary N) is 1. The van der Waals surface area contributed by atoms with E-state index in [4.69, 9.17) is 10.5 Å². The molecule has 0 aliphatic carbocycles. The lowest BCUT2D eigenvalue weighted by atomic mass is 10.0. The van der Waals surface area contributed by atoms with Crippen molar-refractivity contribution in [1.29, 1.82) is 0 Å². The van der Waals surface area contributed by atoms with Gasteiger partial charge in [-0.05, 0) is 48.1 Å². The molecule has 1 aliphatic heterocycles. The standard InChI is InChI=1S/C22H30N4O.HI/c1-16(2)18-7-6-8-19(13-18)25-22(23)24-14-17-11-12-26(15-17)20-9-4-5-10-21(20)27-3;/h4-10,13,16-17H,11-12,14-15H2,1-3H3,(H3,23,24,25);1H. The van der Waals surface area contributed by atoms with Gasteiger partial charge in [-0.3, -0.25) is 4.99 Å². The molecule has 1 unspecified atom stereocenters. The second kappa shape index (κ2) is 10.5. The lowest BCUT2D eigenvalue weighted by Crippen LogP contribution is -2.25.